The summed E-state index contributed by atoms with van der Waals surface area (Å²) in [5, 5.41) is 0. The second kappa shape index (κ2) is 2.58. The average molecular weight is 124 g/mol. The van der Waals surface area contributed by atoms with E-state index in [-0.39, 0.29) is 0 Å². The maximum atomic E-state index is 11.5. The first-order valence-corrected chi connectivity index (χ1v) is 1.88. The summed E-state index contributed by atoms with van der Waals surface area (Å²) in [6.07, 6.45) is 0. The summed E-state index contributed by atoms with van der Waals surface area (Å²) in [7, 11) is 0. The van der Waals surface area contributed by atoms with Gasteiger partial charge in [0, 0.05) is 5.54 Å². The molecule has 7 heavy (non-hydrogen) atoms. The molecule has 0 aromatic rings. The van der Waals surface area contributed by atoms with Crippen molar-refractivity contribution >= 4 is 17.5 Å². The number of hydrogen-bond donors (Lipinski definition) is 1. The summed E-state index contributed by atoms with van der Waals surface area (Å²) in [5.41, 5.74) is 4.87. The minimum atomic E-state index is -1.14. The van der Waals surface area contributed by atoms with Gasteiger partial charge in [0.25, 0.3) is 5.91 Å². The number of rotatable bonds is 1. The third kappa shape index (κ3) is 2.17. The Morgan fingerprint density at radius 1 is 1.86 bits per heavy atom. The second-order valence-corrected chi connectivity index (χ2v) is 1.04. The highest BCUT2D eigenvalue weighted by Crippen LogP contribution is 1.94. The average Bonchev–Trinajstić information content (AvgIpc) is 1.65. The quantitative estimate of drug-likeness (QED) is 0.508. The van der Waals surface area contributed by atoms with E-state index in [1.54, 1.807) is 0 Å². The van der Waals surface area contributed by atoms with Gasteiger partial charge in [-0.15, -0.1) is 0 Å². The maximum absolute atomic E-state index is 11.5. The van der Waals surface area contributed by atoms with Crippen LogP contribution in [-0.4, -0.2) is 5.91 Å². The van der Waals surface area contributed by atoms with Gasteiger partial charge in [0.05, 0.1) is 0 Å². The minimum absolute atomic E-state index is 0.488. The second-order valence-electron chi connectivity index (χ2n) is 0.821. The standard InChI is InChI=1S/C3H3ClFNO/c4-1-2(5)3(6)7/h1H,(H2,6,7)/b2-1-. The van der Waals surface area contributed by atoms with Crippen molar-refractivity contribution in [2.75, 3.05) is 0 Å². The van der Waals surface area contributed by atoms with Crippen molar-refractivity contribution in [1.82, 2.24) is 0 Å². The fourth-order valence-corrected chi connectivity index (χ4v) is 0.161. The van der Waals surface area contributed by atoms with Crippen LogP contribution in [0.5, 0.6) is 0 Å². The molecule has 0 saturated carbocycles. The van der Waals surface area contributed by atoms with Crippen molar-refractivity contribution in [2.45, 2.75) is 0 Å². The van der Waals surface area contributed by atoms with Gasteiger partial charge in [0.2, 0.25) is 0 Å². The van der Waals surface area contributed by atoms with Gasteiger partial charge in [-0.3, -0.25) is 4.79 Å². The van der Waals surface area contributed by atoms with Gasteiger partial charge < -0.3 is 5.73 Å². The molecule has 0 saturated heterocycles. The highest BCUT2D eigenvalue weighted by Gasteiger charge is 1.97. The van der Waals surface area contributed by atoms with E-state index in [0.29, 0.717) is 5.54 Å². The highest BCUT2D eigenvalue weighted by molar-refractivity contribution is 6.27. The predicted molar refractivity (Wildman–Crippen MR) is 24.2 cm³/mol. The van der Waals surface area contributed by atoms with E-state index in [1.807, 2.05) is 0 Å². The third-order valence-corrected chi connectivity index (χ3v) is 0.523. The molecular formula is C3H3ClFNO. The van der Waals surface area contributed by atoms with E-state index in [1.165, 1.54) is 0 Å². The molecule has 1 amide bonds. The Hall–Kier alpha value is -0.570. The molecular weight excluding hydrogens is 120 g/mol. The molecule has 0 bridgehead atoms. The van der Waals surface area contributed by atoms with Gasteiger partial charge in [-0.05, 0) is 0 Å². The highest BCUT2D eigenvalue weighted by atomic mass is 35.5. The normalized spacial score (nSPS) is 11.4. The molecule has 0 fully saturated rings. The van der Waals surface area contributed by atoms with E-state index in [9.17, 15) is 9.18 Å². The zero-order valence-corrected chi connectivity index (χ0v) is 4.07. The van der Waals surface area contributed by atoms with Crippen molar-refractivity contribution in [2.24, 2.45) is 5.73 Å². The van der Waals surface area contributed by atoms with E-state index >= 15 is 0 Å². The third-order valence-electron chi connectivity index (χ3n) is 0.331. The molecule has 0 aliphatic heterocycles. The van der Waals surface area contributed by atoms with E-state index in [4.69, 9.17) is 11.6 Å². The number of primary amides is 1. The summed E-state index contributed by atoms with van der Waals surface area (Å²) in [4.78, 5) is 9.62. The number of nitrogens with two attached hydrogens (primary N) is 1. The minimum Gasteiger partial charge on any atom is -0.364 e. The van der Waals surface area contributed by atoms with Crippen molar-refractivity contribution < 1.29 is 9.18 Å². The Kier molecular flexibility index (Phi) is 2.37. The largest absolute Gasteiger partial charge is 0.364 e. The lowest BCUT2D eigenvalue weighted by Crippen LogP contribution is -2.09. The predicted octanol–water partition coefficient (Wildman–Crippen LogP) is 0.521. The van der Waals surface area contributed by atoms with Crippen LogP contribution in [0, 0.1) is 0 Å². The summed E-state index contributed by atoms with van der Waals surface area (Å²) in [6.45, 7) is 0. The lowest BCUT2D eigenvalue weighted by Gasteiger charge is -1.79. The molecule has 0 spiro atoms. The summed E-state index contributed by atoms with van der Waals surface area (Å²) in [6, 6.07) is 0. The molecule has 2 N–H and O–H groups in total. The van der Waals surface area contributed by atoms with Crippen LogP contribution >= 0.6 is 11.6 Å². The van der Waals surface area contributed by atoms with Crippen LogP contribution in [0.4, 0.5) is 4.39 Å². The first-order chi connectivity index (χ1) is 3.18. The molecule has 0 atom stereocenters. The van der Waals surface area contributed by atoms with E-state index in [0.717, 1.165) is 0 Å². The summed E-state index contributed by atoms with van der Waals surface area (Å²) >= 11 is 4.71. The molecule has 0 radical (unpaired) electrons. The zero-order valence-electron chi connectivity index (χ0n) is 3.32. The summed E-state index contributed by atoms with van der Waals surface area (Å²) in [5.74, 6) is -2.27. The van der Waals surface area contributed by atoms with Gasteiger partial charge in [0.15, 0.2) is 5.83 Å². The van der Waals surface area contributed by atoms with Gasteiger partial charge in [-0.25, -0.2) is 0 Å². The van der Waals surface area contributed by atoms with Crippen LogP contribution in [0.3, 0.4) is 0 Å². The first kappa shape index (κ1) is 6.43. The number of carbonyl (C=O) groups is 1. The molecule has 4 heteroatoms. The van der Waals surface area contributed by atoms with Crippen molar-refractivity contribution in [1.29, 1.82) is 0 Å². The van der Waals surface area contributed by atoms with Gasteiger partial charge in [-0.2, -0.15) is 4.39 Å². The number of hydrogen-bond acceptors (Lipinski definition) is 1. The molecule has 2 nitrogen and oxygen atoms in total. The SMILES string of the molecule is NC(=O)/C(F)=C/Cl. The fourth-order valence-electron chi connectivity index (χ4n) is 0.0538. The molecule has 0 unspecified atom stereocenters. The monoisotopic (exact) mass is 123 g/mol. The van der Waals surface area contributed by atoms with Crippen LogP contribution in [-0.2, 0) is 4.79 Å². The molecule has 0 aliphatic carbocycles. The van der Waals surface area contributed by atoms with Gasteiger partial charge in [-0.1, -0.05) is 11.6 Å². The molecule has 0 rings (SSSR count). The number of amides is 1. The first-order valence-electron chi connectivity index (χ1n) is 1.44. The van der Waals surface area contributed by atoms with Crippen LogP contribution in [0.15, 0.2) is 11.4 Å². The Morgan fingerprint density at radius 2 is 2.29 bits per heavy atom. The van der Waals surface area contributed by atoms with Crippen molar-refractivity contribution in [3.8, 4) is 0 Å². The van der Waals surface area contributed by atoms with Crippen LogP contribution in [0.1, 0.15) is 0 Å². The van der Waals surface area contributed by atoms with Crippen molar-refractivity contribution in [3.63, 3.8) is 0 Å². The zero-order chi connectivity index (χ0) is 5.86. The van der Waals surface area contributed by atoms with E-state index < -0.39 is 11.7 Å². The molecule has 0 aliphatic rings. The van der Waals surface area contributed by atoms with Gasteiger partial charge >= 0.3 is 0 Å². The van der Waals surface area contributed by atoms with Gasteiger partial charge in [0.1, 0.15) is 0 Å². The molecule has 40 valence electrons. The number of halogens is 2. The molecule has 0 heterocycles. The molecule has 0 aromatic carbocycles. The van der Waals surface area contributed by atoms with Crippen LogP contribution in [0.25, 0.3) is 0 Å². The lowest BCUT2D eigenvalue weighted by molar-refractivity contribution is -0.115. The Bertz CT molecular complexity index is 112. The molecule has 0 aromatic heterocycles. The van der Waals surface area contributed by atoms with Crippen LogP contribution < -0.4 is 5.73 Å². The van der Waals surface area contributed by atoms with E-state index in [2.05, 4.69) is 5.73 Å². The smallest absolute Gasteiger partial charge is 0.278 e. The van der Waals surface area contributed by atoms with Crippen LogP contribution in [0.2, 0.25) is 0 Å². The Balaban J connectivity index is 3.82. The van der Waals surface area contributed by atoms with Crippen molar-refractivity contribution in [3.05, 3.63) is 11.4 Å². The Labute approximate surface area is 44.7 Å². The number of carbonyl (C=O) groups excluding carboxylic acids is 1. The topological polar surface area (TPSA) is 43.1 Å². The summed E-state index contributed by atoms with van der Waals surface area (Å²) < 4.78 is 11.5. The fraction of sp³-hybridized carbons (Fsp3) is 0. The lowest BCUT2D eigenvalue weighted by atomic mass is 10.6. The Morgan fingerprint density at radius 3 is 2.29 bits per heavy atom. The maximum Gasteiger partial charge on any atom is 0.278 e.